The zero-order valence-corrected chi connectivity index (χ0v) is 27.5. The molecule has 0 saturated heterocycles. The molecule has 0 unspecified atom stereocenters. The van der Waals surface area contributed by atoms with Gasteiger partial charge in [-0.2, -0.15) is 0 Å². The minimum absolute atomic E-state index is 0. The number of benzene rings is 2. The summed E-state index contributed by atoms with van der Waals surface area (Å²) in [5.41, 5.74) is 1.64. The molecule has 0 aromatic heterocycles. The number of carboxylic acids is 2. The van der Waals surface area contributed by atoms with Crippen LogP contribution in [0.2, 0.25) is 0 Å². The Bertz CT molecular complexity index is 1050. The Morgan fingerprint density at radius 2 is 1.00 bits per heavy atom. The summed E-state index contributed by atoms with van der Waals surface area (Å²) in [5, 5.41) is 42.5. The molecule has 0 spiro atoms. The first-order valence-corrected chi connectivity index (χ1v) is 12.1. The molecule has 2 aromatic rings. The van der Waals surface area contributed by atoms with E-state index >= 15 is 0 Å². The van der Waals surface area contributed by atoms with Crippen molar-refractivity contribution in [2.24, 2.45) is 0 Å². The molecule has 0 fully saturated rings. The molecule has 7 heteroatoms. The van der Waals surface area contributed by atoms with Gasteiger partial charge in [0.05, 0.1) is 5.97 Å². The number of hydrogen-bond donors (Lipinski definition) is 2. The Morgan fingerprint density at radius 3 is 1.30 bits per heavy atom. The van der Waals surface area contributed by atoms with Gasteiger partial charge >= 0.3 is 25.4 Å². The fourth-order valence-electron chi connectivity index (χ4n) is 3.57. The number of carboxylic acid groups (broad SMARTS) is 2. The van der Waals surface area contributed by atoms with Crippen molar-refractivity contribution >= 4 is 11.9 Å². The van der Waals surface area contributed by atoms with E-state index in [0.717, 1.165) is 11.1 Å². The van der Waals surface area contributed by atoms with Gasteiger partial charge in [-0.3, -0.25) is 0 Å². The normalized spacial score (nSPS) is 12.2. The predicted octanol–water partition coefficient (Wildman–Crippen LogP) is 5.40. The fourth-order valence-corrected chi connectivity index (χ4v) is 3.57. The zero-order valence-electron chi connectivity index (χ0n) is 24.5. The summed E-state index contributed by atoms with van der Waals surface area (Å²) >= 11 is 0. The smallest absolute Gasteiger partial charge is 0.872 e. The van der Waals surface area contributed by atoms with Crippen LogP contribution in [-0.4, -0.2) is 22.2 Å². The molecular formula is C30H42O6Zn. The summed E-state index contributed by atoms with van der Waals surface area (Å²) in [6, 6.07) is 6.72. The van der Waals surface area contributed by atoms with Crippen molar-refractivity contribution in [1.29, 1.82) is 0 Å². The van der Waals surface area contributed by atoms with E-state index in [4.69, 9.17) is 0 Å². The van der Waals surface area contributed by atoms with Gasteiger partial charge in [0.15, 0.2) is 0 Å². The molecule has 0 amide bonds. The third-order valence-electron chi connectivity index (χ3n) is 6.00. The molecule has 0 heterocycles. The Labute approximate surface area is 234 Å². The number of phenols is 1. The Morgan fingerprint density at radius 1 is 0.649 bits per heavy atom. The van der Waals surface area contributed by atoms with Crippen molar-refractivity contribution in [2.75, 3.05) is 0 Å². The van der Waals surface area contributed by atoms with Gasteiger partial charge in [0.25, 0.3) is 0 Å². The van der Waals surface area contributed by atoms with E-state index < -0.39 is 17.7 Å². The van der Waals surface area contributed by atoms with Crippen molar-refractivity contribution in [3.05, 3.63) is 57.6 Å². The Hall–Kier alpha value is -2.40. The van der Waals surface area contributed by atoms with E-state index in [1.807, 2.05) is 95.2 Å². The number of carbonyl (C=O) groups excluding carboxylic acids is 1. The van der Waals surface area contributed by atoms with Crippen LogP contribution in [-0.2, 0) is 41.1 Å². The van der Waals surface area contributed by atoms with Gasteiger partial charge in [-0.1, -0.05) is 107 Å². The molecule has 0 aliphatic heterocycles. The first-order chi connectivity index (χ1) is 15.9. The summed E-state index contributed by atoms with van der Waals surface area (Å²) in [5.74, 6) is -3.06. The Balaban J connectivity index is 0.000000682. The predicted molar refractivity (Wildman–Crippen MR) is 140 cm³/mol. The van der Waals surface area contributed by atoms with Gasteiger partial charge in [0.2, 0.25) is 0 Å². The molecule has 37 heavy (non-hydrogen) atoms. The molecule has 0 radical (unpaired) electrons. The number of aromatic hydroxyl groups is 1. The molecule has 2 N–H and O–H groups in total. The van der Waals surface area contributed by atoms with Gasteiger partial charge in [-0.25, -0.2) is 4.79 Å². The minimum Gasteiger partial charge on any atom is -0.872 e. The van der Waals surface area contributed by atoms with E-state index in [2.05, 4.69) is 0 Å². The topological polar surface area (TPSA) is 121 Å². The van der Waals surface area contributed by atoms with Crippen LogP contribution in [0.5, 0.6) is 11.5 Å². The summed E-state index contributed by atoms with van der Waals surface area (Å²) in [6.45, 7) is 23.6. The van der Waals surface area contributed by atoms with Gasteiger partial charge < -0.3 is 25.2 Å². The number of hydrogen-bond acceptors (Lipinski definition) is 5. The van der Waals surface area contributed by atoms with Crippen LogP contribution in [0.1, 0.15) is 126 Å². The van der Waals surface area contributed by atoms with Crippen LogP contribution in [0.3, 0.4) is 0 Å². The minimum atomic E-state index is -1.41. The molecule has 200 valence electrons. The number of carbonyl (C=O) groups is 2. The van der Waals surface area contributed by atoms with E-state index in [1.165, 1.54) is 6.07 Å². The van der Waals surface area contributed by atoms with Crippen molar-refractivity contribution in [3.63, 3.8) is 0 Å². The molecule has 6 nitrogen and oxygen atoms in total. The maximum absolute atomic E-state index is 12.1. The van der Waals surface area contributed by atoms with Gasteiger partial charge in [-0.05, 0) is 50.0 Å². The first-order valence-electron chi connectivity index (χ1n) is 12.1. The largest absolute Gasteiger partial charge is 2.00 e. The second kappa shape index (κ2) is 11.6. The van der Waals surface area contributed by atoms with Gasteiger partial charge in [-0.15, -0.1) is 0 Å². The van der Waals surface area contributed by atoms with Crippen LogP contribution < -0.4 is 10.2 Å². The van der Waals surface area contributed by atoms with Crippen molar-refractivity contribution in [3.8, 4) is 11.5 Å². The average Bonchev–Trinajstić information content (AvgIpc) is 2.64. The molecule has 0 saturated carbocycles. The average molecular weight is 564 g/mol. The molecular weight excluding hydrogens is 522 g/mol. The molecule has 0 aliphatic rings. The van der Waals surface area contributed by atoms with Crippen LogP contribution in [0.15, 0.2) is 24.3 Å². The molecule has 2 rings (SSSR count). The number of aromatic carboxylic acids is 2. The first kappa shape index (κ1) is 34.6. The maximum atomic E-state index is 12.1. The second-order valence-electron chi connectivity index (χ2n) is 13.4. The summed E-state index contributed by atoms with van der Waals surface area (Å²) < 4.78 is 0. The monoisotopic (exact) mass is 562 g/mol. The van der Waals surface area contributed by atoms with Gasteiger partial charge in [0, 0.05) is 5.56 Å². The maximum Gasteiger partial charge on any atom is 2.00 e. The van der Waals surface area contributed by atoms with Crippen molar-refractivity contribution in [2.45, 2.75) is 105 Å². The van der Waals surface area contributed by atoms with Crippen LogP contribution >= 0.6 is 0 Å². The second-order valence-corrected chi connectivity index (χ2v) is 13.4. The Kier molecular flexibility index (Phi) is 10.8. The van der Waals surface area contributed by atoms with E-state index in [-0.39, 0.29) is 58.0 Å². The molecule has 0 bridgehead atoms. The van der Waals surface area contributed by atoms with E-state index in [9.17, 15) is 30.0 Å². The van der Waals surface area contributed by atoms with E-state index in [1.54, 1.807) is 6.07 Å². The third-order valence-corrected chi connectivity index (χ3v) is 6.00. The van der Waals surface area contributed by atoms with Crippen LogP contribution in [0, 0.1) is 0 Å². The zero-order chi connectivity index (χ0) is 28.6. The summed E-state index contributed by atoms with van der Waals surface area (Å²) in [6.07, 6.45) is 0. The van der Waals surface area contributed by atoms with E-state index in [0.29, 0.717) is 11.1 Å². The third kappa shape index (κ3) is 8.84. The van der Waals surface area contributed by atoms with Crippen LogP contribution in [0.4, 0.5) is 0 Å². The molecule has 0 atom stereocenters. The summed E-state index contributed by atoms with van der Waals surface area (Å²) in [4.78, 5) is 22.3. The fraction of sp³-hybridized carbons (Fsp3) is 0.533. The quantitative estimate of drug-likeness (QED) is 0.472. The standard InChI is InChI=1S/2C15H22O3.Zn/c2*1-14(2,3)9-7-10(13(17)18)12(16)11(8-9)15(4,5)6;/h2*7-8,16H,1-6H3,(H,17,18);/q;;+2/p-2. The van der Waals surface area contributed by atoms with Crippen molar-refractivity contribution in [1.82, 2.24) is 0 Å². The SMILES string of the molecule is CC(C)(C)c1cc(C(=O)O)c(O)c(C(C)(C)C)c1.CC(C)(C)c1cc(C(=O)[O-])c([O-])c(C(C)(C)C)c1.[Zn+2]. The molecule has 0 aliphatic carbocycles. The molecule has 2 aromatic carbocycles. The number of rotatable bonds is 2. The van der Waals surface area contributed by atoms with Crippen LogP contribution in [0.25, 0.3) is 0 Å². The summed E-state index contributed by atoms with van der Waals surface area (Å²) in [7, 11) is 0. The van der Waals surface area contributed by atoms with Gasteiger partial charge in [0.1, 0.15) is 11.3 Å². The van der Waals surface area contributed by atoms with Crippen molar-refractivity contribution < 1.29 is 49.5 Å².